The van der Waals surface area contributed by atoms with E-state index in [1.54, 1.807) is 0 Å². The standard InChI is InChI=1S/C24H52O2Si2/c1-12-28(13-2,14-3)26-24(8,9)20-17-19-22(4)18-15-16-21-25-27(10,11)23(5,6)7/h15,18,22H,12-14,16-17,19-21H2,1-11H3/b18-15-/t22-/m1/s1. The van der Waals surface area contributed by atoms with Crippen molar-refractivity contribution in [1.29, 1.82) is 0 Å². The third kappa shape index (κ3) is 10.2. The average molecular weight is 429 g/mol. The molecule has 0 N–H and O–H groups in total. The summed E-state index contributed by atoms with van der Waals surface area (Å²) in [6.45, 7) is 26.3. The minimum absolute atomic E-state index is 0.0225. The van der Waals surface area contributed by atoms with Crippen LogP contribution in [0.2, 0.25) is 36.3 Å². The van der Waals surface area contributed by atoms with Crippen LogP contribution < -0.4 is 0 Å². The highest BCUT2D eigenvalue weighted by atomic mass is 28.4. The van der Waals surface area contributed by atoms with Gasteiger partial charge in [-0.05, 0) is 75.3 Å². The van der Waals surface area contributed by atoms with Crippen molar-refractivity contribution in [3.05, 3.63) is 12.2 Å². The molecular weight excluding hydrogens is 376 g/mol. The molecular formula is C24H52O2Si2. The number of hydrogen-bond donors (Lipinski definition) is 0. The summed E-state index contributed by atoms with van der Waals surface area (Å²) in [7, 11) is -3.11. The normalized spacial score (nSPS) is 15.4. The van der Waals surface area contributed by atoms with Gasteiger partial charge in [-0.3, -0.25) is 0 Å². The van der Waals surface area contributed by atoms with E-state index in [1.807, 2.05) is 0 Å². The van der Waals surface area contributed by atoms with E-state index in [0.717, 1.165) is 19.4 Å². The van der Waals surface area contributed by atoms with Crippen molar-refractivity contribution in [3.8, 4) is 0 Å². The first-order valence-electron chi connectivity index (χ1n) is 11.7. The van der Waals surface area contributed by atoms with Crippen LogP contribution in [0.4, 0.5) is 0 Å². The largest absolute Gasteiger partial charge is 0.417 e. The molecule has 0 spiro atoms. The minimum atomic E-state index is -1.60. The maximum Gasteiger partial charge on any atom is 0.192 e. The summed E-state index contributed by atoms with van der Waals surface area (Å²) >= 11 is 0. The zero-order valence-corrected chi connectivity index (χ0v) is 23.2. The molecule has 0 amide bonds. The van der Waals surface area contributed by atoms with E-state index in [-0.39, 0.29) is 5.60 Å². The lowest BCUT2D eigenvalue weighted by Crippen LogP contribution is -2.44. The summed E-state index contributed by atoms with van der Waals surface area (Å²) in [5, 5.41) is 0.298. The van der Waals surface area contributed by atoms with Gasteiger partial charge in [0, 0.05) is 6.61 Å². The molecule has 1 atom stereocenters. The summed E-state index contributed by atoms with van der Waals surface area (Å²) in [5.41, 5.74) is 0.0225. The molecule has 2 nitrogen and oxygen atoms in total. The second-order valence-electron chi connectivity index (χ2n) is 10.8. The number of hydrogen-bond acceptors (Lipinski definition) is 2. The summed E-state index contributed by atoms with van der Waals surface area (Å²) in [6, 6.07) is 3.71. The van der Waals surface area contributed by atoms with Gasteiger partial charge in [0.2, 0.25) is 0 Å². The van der Waals surface area contributed by atoms with Crippen molar-refractivity contribution in [1.82, 2.24) is 0 Å². The molecule has 4 heteroatoms. The van der Waals surface area contributed by atoms with Gasteiger partial charge >= 0.3 is 0 Å². The van der Waals surface area contributed by atoms with Crippen LogP contribution >= 0.6 is 0 Å². The molecule has 0 radical (unpaired) electrons. The molecule has 0 heterocycles. The van der Waals surface area contributed by atoms with Gasteiger partial charge in [0.05, 0.1) is 5.60 Å². The van der Waals surface area contributed by atoms with Crippen molar-refractivity contribution in [3.63, 3.8) is 0 Å². The molecule has 0 saturated carbocycles. The molecule has 0 unspecified atom stereocenters. The lowest BCUT2D eigenvalue weighted by molar-refractivity contribution is 0.0821. The number of rotatable bonds is 14. The highest BCUT2D eigenvalue weighted by Gasteiger charge is 2.37. The zero-order chi connectivity index (χ0) is 22.1. The van der Waals surface area contributed by atoms with Gasteiger partial charge in [-0.15, -0.1) is 0 Å². The Hall–Kier alpha value is 0.0938. The quantitative estimate of drug-likeness (QED) is 0.157. The van der Waals surface area contributed by atoms with Crippen molar-refractivity contribution in [2.45, 2.75) is 130 Å². The van der Waals surface area contributed by atoms with Crippen molar-refractivity contribution in [2.24, 2.45) is 5.92 Å². The zero-order valence-electron chi connectivity index (χ0n) is 21.2. The highest BCUT2D eigenvalue weighted by molar-refractivity contribution is 6.74. The monoisotopic (exact) mass is 428 g/mol. The van der Waals surface area contributed by atoms with Crippen LogP contribution in [0.25, 0.3) is 0 Å². The van der Waals surface area contributed by atoms with Gasteiger partial charge in [-0.25, -0.2) is 0 Å². The third-order valence-electron chi connectivity index (χ3n) is 6.88. The lowest BCUT2D eigenvalue weighted by atomic mass is 9.96. The molecule has 0 rings (SSSR count). The molecule has 28 heavy (non-hydrogen) atoms. The van der Waals surface area contributed by atoms with Crippen molar-refractivity contribution >= 4 is 16.6 Å². The highest BCUT2D eigenvalue weighted by Crippen LogP contribution is 2.36. The molecule has 0 aromatic rings. The molecule has 0 aliphatic carbocycles. The van der Waals surface area contributed by atoms with Gasteiger partial charge < -0.3 is 8.85 Å². The first-order chi connectivity index (χ1) is 12.7. The molecule has 168 valence electrons. The maximum atomic E-state index is 6.74. The molecule has 0 aromatic carbocycles. The van der Waals surface area contributed by atoms with Gasteiger partial charge in [0.15, 0.2) is 16.6 Å². The second kappa shape index (κ2) is 12.1. The van der Waals surface area contributed by atoms with Gasteiger partial charge in [-0.2, -0.15) is 0 Å². The molecule has 0 aliphatic rings. The first-order valence-corrected chi connectivity index (χ1v) is 17.2. The summed E-state index contributed by atoms with van der Waals surface area (Å²) < 4.78 is 13.0. The SMILES string of the molecule is CC[Si](CC)(CC)OC(C)(C)CCC[C@H](C)/C=C\CCO[Si](C)(C)C(C)(C)C. The van der Waals surface area contributed by atoms with Gasteiger partial charge in [-0.1, -0.05) is 67.0 Å². The summed E-state index contributed by atoms with van der Waals surface area (Å²) in [4.78, 5) is 0. The maximum absolute atomic E-state index is 6.74. The third-order valence-corrected chi connectivity index (χ3v) is 16.3. The van der Waals surface area contributed by atoms with Crippen molar-refractivity contribution < 1.29 is 8.85 Å². The fourth-order valence-electron chi connectivity index (χ4n) is 3.48. The minimum Gasteiger partial charge on any atom is -0.417 e. The van der Waals surface area contributed by atoms with Crippen LogP contribution in [0.5, 0.6) is 0 Å². The van der Waals surface area contributed by atoms with E-state index < -0.39 is 16.6 Å². The Morgan fingerprint density at radius 1 is 0.929 bits per heavy atom. The van der Waals surface area contributed by atoms with Crippen molar-refractivity contribution in [2.75, 3.05) is 6.61 Å². The lowest BCUT2D eigenvalue weighted by Gasteiger charge is -2.38. The van der Waals surface area contributed by atoms with E-state index in [4.69, 9.17) is 8.85 Å². The predicted octanol–water partition coefficient (Wildman–Crippen LogP) is 8.56. The van der Waals surface area contributed by atoms with Gasteiger partial charge in [0.1, 0.15) is 0 Å². The fourth-order valence-corrected chi connectivity index (χ4v) is 7.75. The molecule has 0 saturated heterocycles. The smallest absolute Gasteiger partial charge is 0.192 e. The number of allylic oxidation sites excluding steroid dienone is 1. The topological polar surface area (TPSA) is 18.5 Å². The predicted molar refractivity (Wildman–Crippen MR) is 132 cm³/mol. The average Bonchev–Trinajstić information content (AvgIpc) is 2.58. The van der Waals surface area contributed by atoms with E-state index >= 15 is 0 Å². The molecule has 0 fully saturated rings. The van der Waals surface area contributed by atoms with Crippen LogP contribution in [-0.4, -0.2) is 28.8 Å². The Balaban J connectivity index is 4.24. The van der Waals surface area contributed by atoms with Crippen LogP contribution in [0.3, 0.4) is 0 Å². The Bertz CT molecular complexity index is 438. The molecule has 0 aliphatic heterocycles. The van der Waals surface area contributed by atoms with E-state index in [1.165, 1.54) is 31.0 Å². The fraction of sp³-hybridized carbons (Fsp3) is 0.917. The first kappa shape index (κ1) is 28.1. The van der Waals surface area contributed by atoms with Gasteiger partial charge in [0.25, 0.3) is 0 Å². The Morgan fingerprint density at radius 3 is 1.93 bits per heavy atom. The van der Waals surface area contributed by atoms with Crippen LogP contribution in [0.15, 0.2) is 12.2 Å². The summed E-state index contributed by atoms with van der Waals surface area (Å²) in [6.07, 6.45) is 9.37. The van der Waals surface area contributed by atoms with Crippen LogP contribution in [0, 0.1) is 5.92 Å². The van der Waals surface area contributed by atoms with Crippen LogP contribution in [0.1, 0.15) is 88.0 Å². The van der Waals surface area contributed by atoms with Crippen LogP contribution in [-0.2, 0) is 8.85 Å². The Morgan fingerprint density at radius 2 is 1.46 bits per heavy atom. The Kier molecular flexibility index (Phi) is 12.1. The summed E-state index contributed by atoms with van der Waals surface area (Å²) in [5.74, 6) is 0.634. The molecule has 0 bridgehead atoms. The van der Waals surface area contributed by atoms with E-state index in [2.05, 4.69) is 87.6 Å². The van der Waals surface area contributed by atoms with E-state index in [9.17, 15) is 0 Å². The Labute approximate surface area is 180 Å². The second-order valence-corrected chi connectivity index (χ2v) is 20.3. The van der Waals surface area contributed by atoms with E-state index in [0.29, 0.717) is 11.0 Å². The molecule has 0 aromatic heterocycles.